The second-order valence-electron chi connectivity index (χ2n) is 3.43. The van der Waals surface area contributed by atoms with Gasteiger partial charge >= 0.3 is 0 Å². The van der Waals surface area contributed by atoms with Gasteiger partial charge < -0.3 is 5.73 Å². The van der Waals surface area contributed by atoms with E-state index in [9.17, 15) is 0 Å². The molecule has 2 heteroatoms. The Kier molecular flexibility index (Phi) is 1.75. The van der Waals surface area contributed by atoms with E-state index < -0.39 is 0 Å². The van der Waals surface area contributed by atoms with Crippen LogP contribution in [0.1, 0.15) is 36.8 Å². The van der Waals surface area contributed by atoms with Crippen LogP contribution in [0.15, 0.2) is 12.4 Å². The van der Waals surface area contributed by atoms with Crippen LogP contribution in [0, 0.1) is 0 Å². The Morgan fingerprint density at radius 3 is 2.83 bits per heavy atom. The minimum Gasteiger partial charge on any atom is -0.398 e. The first-order valence-electron chi connectivity index (χ1n) is 4.55. The van der Waals surface area contributed by atoms with E-state index in [0.29, 0.717) is 5.92 Å². The van der Waals surface area contributed by atoms with Crippen molar-refractivity contribution in [3.05, 3.63) is 23.5 Å². The second kappa shape index (κ2) is 2.77. The lowest BCUT2D eigenvalue weighted by atomic mass is 10.1. The highest BCUT2D eigenvalue weighted by Crippen LogP contribution is 2.42. The van der Waals surface area contributed by atoms with Gasteiger partial charge in [-0.25, -0.2) is 0 Å². The molecule has 0 atom stereocenters. The molecule has 0 aromatic carbocycles. The van der Waals surface area contributed by atoms with E-state index in [1.165, 1.54) is 24.0 Å². The molecule has 1 aliphatic carbocycles. The van der Waals surface area contributed by atoms with Crippen molar-refractivity contribution in [3.63, 3.8) is 0 Å². The van der Waals surface area contributed by atoms with E-state index in [-0.39, 0.29) is 0 Å². The summed E-state index contributed by atoms with van der Waals surface area (Å²) in [6.07, 6.45) is 7.37. The lowest BCUT2D eigenvalue weighted by molar-refractivity contribution is 1.04. The van der Waals surface area contributed by atoms with Crippen molar-refractivity contribution in [1.82, 2.24) is 4.98 Å². The number of nitrogens with two attached hydrogens (primary N) is 1. The Morgan fingerprint density at radius 2 is 2.25 bits per heavy atom. The number of aromatic nitrogens is 1. The zero-order chi connectivity index (χ0) is 8.55. The van der Waals surface area contributed by atoms with Crippen molar-refractivity contribution in [2.75, 3.05) is 5.73 Å². The summed E-state index contributed by atoms with van der Waals surface area (Å²) in [6.45, 7) is 2.12. The third kappa shape index (κ3) is 1.17. The molecule has 12 heavy (non-hydrogen) atoms. The first-order valence-corrected chi connectivity index (χ1v) is 4.55. The third-order valence-corrected chi connectivity index (χ3v) is 2.50. The van der Waals surface area contributed by atoms with Crippen LogP contribution < -0.4 is 5.73 Å². The molecule has 2 nitrogen and oxygen atoms in total. The van der Waals surface area contributed by atoms with Gasteiger partial charge in [-0.2, -0.15) is 0 Å². The minimum atomic E-state index is 0.712. The molecule has 0 amide bonds. The van der Waals surface area contributed by atoms with Crippen LogP contribution in [0.2, 0.25) is 0 Å². The fourth-order valence-electron chi connectivity index (χ4n) is 1.53. The molecular formula is C10H14N2. The maximum Gasteiger partial charge on any atom is 0.0412 e. The largest absolute Gasteiger partial charge is 0.398 e. The normalized spacial score (nSPS) is 16.4. The predicted molar refractivity (Wildman–Crippen MR) is 50.0 cm³/mol. The number of nitrogens with zero attached hydrogens (tertiary/aromatic N) is 1. The molecule has 1 fully saturated rings. The number of rotatable bonds is 2. The molecule has 0 unspecified atom stereocenters. The average Bonchev–Trinajstić information content (AvgIpc) is 2.88. The SMILES string of the molecule is CCc1cncc(C2CC2)c1N. The highest BCUT2D eigenvalue weighted by molar-refractivity contribution is 5.54. The number of hydrogen-bond donors (Lipinski definition) is 1. The number of nitrogen functional groups attached to an aromatic ring is 1. The van der Waals surface area contributed by atoms with Gasteiger partial charge in [-0.05, 0) is 36.3 Å². The van der Waals surface area contributed by atoms with Crippen molar-refractivity contribution >= 4 is 5.69 Å². The second-order valence-corrected chi connectivity index (χ2v) is 3.43. The summed E-state index contributed by atoms with van der Waals surface area (Å²) in [6, 6.07) is 0. The smallest absolute Gasteiger partial charge is 0.0412 e. The summed E-state index contributed by atoms with van der Waals surface area (Å²) in [4.78, 5) is 4.20. The van der Waals surface area contributed by atoms with Crippen LogP contribution in [0.3, 0.4) is 0 Å². The average molecular weight is 162 g/mol. The van der Waals surface area contributed by atoms with Crippen LogP contribution in [0.5, 0.6) is 0 Å². The van der Waals surface area contributed by atoms with Gasteiger partial charge in [0.1, 0.15) is 0 Å². The van der Waals surface area contributed by atoms with Crippen LogP contribution in [0.4, 0.5) is 5.69 Å². The lowest BCUT2D eigenvalue weighted by Crippen LogP contribution is -1.99. The van der Waals surface area contributed by atoms with Crippen molar-refractivity contribution in [2.24, 2.45) is 0 Å². The van der Waals surface area contributed by atoms with E-state index in [0.717, 1.165) is 12.1 Å². The highest BCUT2D eigenvalue weighted by atomic mass is 14.7. The number of anilines is 1. The van der Waals surface area contributed by atoms with Gasteiger partial charge in [0.25, 0.3) is 0 Å². The molecule has 1 saturated carbocycles. The van der Waals surface area contributed by atoms with E-state index in [4.69, 9.17) is 5.73 Å². The summed E-state index contributed by atoms with van der Waals surface area (Å²) in [5.41, 5.74) is 9.44. The molecule has 0 saturated heterocycles. The van der Waals surface area contributed by atoms with E-state index in [2.05, 4.69) is 11.9 Å². The van der Waals surface area contributed by atoms with Crippen LogP contribution >= 0.6 is 0 Å². The molecule has 1 aromatic heterocycles. The van der Waals surface area contributed by atoms with Crippen molar-refractivity contribution in [2.45, 2.75) is 32.1 Å². The van der Waals surface area contributed by atoms with Gasteiger partial charge in [0.2, 0.25) is 0 Å². The number of aryl methyl sites for hydroxylation is 1. The first kappa shape index (κ1) is 7.59. The van der Waals surface area contributed by atoms with Crippen LogP contribution in [-0.4, -0.2) is 4.98 Å². The Bertz CT molecular complexity index is 290. The molecule has 0 aliphatic heterocycles. The maximum atomic E-state index is 5.99. The number of pyridine rings is 1. The Labute approximate surface area is 72.8 Å². The molecule has 1 aliphatic rings. The molecule has 0 spiro atoms. The molecule has 2 N–H and O–H groups in total. The fourth-order valence-corrected chi connectivity index (χ4v) is 1.53. The predicted octanol–water partition coefficient (Wildman–Crippen LogP) is 2.10. The van der Waals surface area contributed by atoms with Gasteiger partial charge in [-0.3, -0.25) is 4.98 Å². The van der Waals surface area contributed by atoms with Crippen LogP contribution in [-0.2, 0) is 6.42 Å². The molecule has 1 heterocycles. The van der Waals surface area contributed by atoms with Gasteiger partial charge in [-0.15, -0.1) is 0 Å². The minimum absolute atomic E-state index is 0.712. The lowest BCUT2D eigenvalue weighted by Gasteiger charge is -2.06. The zero-order valence-corrected chi connectivity index (χ0v) is 7.38. The van der Waals surface area contributed by atoms with Gasteiger partial charge in [0.15, 0.2) is 0 Å². The summed E-state index contributed by atoms with van der Waals surface area (Å²) >= 11 is 0. The van der Waals surface area contributed by atoms with Crippen molar-refractivity contribution in [3.8, 4) is 0 Å². The fraction of sp³-hybridized carbons (Fsp3) is 0.500. The Balaban J connectivity index is 2.40. The summed E-state index contributed by atoms with van der Waals surface area (Å²) in [5.74, 6) is 0.712. The quantitative estimate of drug-likeness (QED) is 0.723. The monoisotopic (exact) mass is 162 g/mol. The zero-order valence-electron chi connectivity index (χ0n) is 7.38. The Morgan fingerprint density at radius 1 is 1.50 bits per heavy atom. The van der Waals surface area contributed by atoms with Gasteiger partial charge in [0, 0.05) is 18.1 Å². The third-order valence-electron chi connectivity index (χ3n) is 2.50. The van der Waals surface area contributed by atoms with Gasteiger partial charge in [-0.1, -0.05) is 6.92 Å². The van der Waals surface area contributed by atoms with Gasteiger partial charge in [0.05, 0.1) is 0 Å². The highest BCUT2D eigenvalue weighted by Gasteiger charge is 2.26. The Hall–Kier alpha value is -1.05. The van der Waals surface area contributed by atoms with E-state index in [1.54, 1.807) is 0 Å². The van der Waals surface area contributed by atoms with Crippen molar-refractivity contribution < 1.29 is 0 Å². The molecule has 0 bridgehead atoms. The van der Waals surface area contributed by atoms with Crippen molar-refractivity contribution in [1.29, 1.82) is 0 Å². The summed E-state index contributed by atoms with van der Waals surface area (Å²) in [7, 11) is 0. The van der Waals surface area contributed by atoms with E-state index in [1.807, 2.05) is 12.4 Å². The molecule has 1 aromatic rings. The maximum absolute atomic E-state index is 5.99. The topological polar surface area (TPSA) is 38.9 Å². The molecule has 0 radical (unpaired) electrons. The standard InChI is InChI=1S/C10H14N2/c1-2-7-5-12-6-9(10(7)11)8-3-4-8/h5-6,8H,2-4H2,1H3,(H2,11,12). The van der Waals surface area contributed by atoms with Crippen LogP contribution in [0.25, 0.3) is 0 Å². The summed E-state index contributed by atoms with van der Waals surface area (Å²) in [5, 5.41) is 0. The van der Waals surface area contributed by atoms with E-state index >= 15 is 0 Å². The molecule has 2 rings (SSSR count). The number of hydrogen-bond acceptors (Lipinski definition) is 2. The first-order chi connectivity index (χ1) is 5.83. The molecule has 64 valence electrons. The summed E-state index contributed by atoms with van der Waals surface area (Å²) < 4.78 is 0. The molecular weight excluding hydrogens is 148 g/mol.